The molecule has 4 aromatic rings. The predicted molar refractivity (Wildman–Crippen MR) is 116 cm³/mol. The number of benzene rings is 3. The van der Waals surface area contributed by atoms with E-state index in [0.717, 1.165) is 0 Å². The average molecular weight is 538 g/mol. The van der Waals surface area contributed by atoms with E-state index in [0.29, 0.717) is 0 Å². The maximum absolute atomic E-state index is 3.91. The van der Waals surface area contributed by atoms with E-state index in [4.69, 9.17) is 0 Å². The van der Waals surface area contributed by atoms with Crippen LogP contribution in [-0.4, -0.2) is 8.07 Å². The van der Waals surface area contributed by atoms with Gasteiger partial charge in [0, 0.05) is 0 Å². The Morgan fingerprint density at radius 3 is 1.85 bits per heavy atom. The van der Waals surface area contributed by atoms with Crippen molar-refractivity contribution in [3.05, 3.63) is 84.9 Å². The minimum Gasteiger partial charge on any atom is -0.342 e. The number of rotatable bonds is 1. The van der Waals surface area contributed by atoms with Crippen LogP contribution in [0.4, 0.5) is 0 Å². The summed E-state index contributed by atoms with van der Waals surface area (Å²) in [4.78, 5) is 0. The Labute approximate surface area is 172 Å². The fraction of sp³-hybridized carbons (Fsp3) is 0.167. The quantitative estimate of drug-likeness (QED) is 0.135. The number of hydrogen-bond donors (Lipinski definition) is 0. The second-order valence-electron chi connectivity index (χ2n) is 8.00. The number of aryl methyl sites for hydroxylation is 1. The van der Waals surface area contributed by atoms with Gasteiger partial charge < -0.3 is 6.55 Å². The molecule has 136 valence electrons. The molecule has 0 aromatic heterocycles. The van der Waals surface area contributed by atoms with Gasteiger partial charge in [-0.25, -0.2) is 0 Å². The molecule has 0 saturated carbocycles. The van der Waals surface area contributed by atoms with Gasteiger partial charge in [-0.05, 0) is 22.2 Å². The van der Waals surface area contributed by atoms with E-state index in [2.05, 4.69) is 106 Å². The van der Waals surface area contributed by atoms with Gasteiger partial charge >= 0.3 is 21.1 Å². The molecule has 0 bridgehead atoms. The summed E-state index contributed by atoms with van der Waals surface area (Å²) < 4.78 is 0. The molecule has 0 aliphatic carbocycles. The van der Waals surface area contributed by atoms with Crippen molar-refractivity contribution in [1.82, 2.24) is 0 Å². The number of hydrogen-bond acceptors (Lipinski definition) is 0. The van der Waals surface area contributed by atoms with Crippen LogP contribution in [0.5, 0.6) is 0 Å². The van der Waals surface area contributed by atoms with Crippen LogP contribution in [0.15, 0.2) is 72.8 Å². The third-order valence-electron chi connectivity index (χ3n) is 3.95. The second-order valence-corrected chi connectivity index (χ2v) is 13.1. The summed E-state index contributed by atoms with van der Waals surface area (Å²) in [7, 11) is -0.861. The summed E-state index contributed by atoms with van der Waals surface area (Å²) in [5.41, 5.74) is 3.91. The fourth-order valence-electron chi connectivity index (χ4n) is 2.86. The summed E-state index contributed by atoms with van der Waals surface area (Å²) in [6, 6.07) is 26.4. The van der Waals surface area contributed by atoms with Gasteiger partial charge in [-0.15, -0.1) is 49.5 Å². The van der Waals surface area contributed by atoms with Crippen molar-refractivity contribution in [1.29, 1.82) is 0 Å². The topological polar surface area (TPSA) is 0 Å². The first-order valence-corrected chi connectivity index (χ1v) is 12.5. The molecule has 0 nitrogen and oxygen atoms in total. The van der Waals surface area contributed by atoms with Gasteiger partial charge in [-0.2, -0.15) is 0 Å². The van der Waals surface area contributed by atoms with Gasteiger partial charge in [0.15, 0.2) is 0 Å². The van der Waals surface area contributed by atoms with Crippen LogP contribution in [0.3, 0.4) is 0 Å². The van der Waals surface area contributed by atoms with E-state index in [9.17, 15) is 0 Å². The van der Waals surface area contributed by atoms with E-state index in [-0.39, 0.29) is 21.1 Å². The Kier molecular flexibility index (Phi) is 6.72. The third-order valence-corrected chi connectivity index (χ3v) is 3.95. The van der Waals surface area contributed by atoms with E-state index in [1.54, 1.807) is 0 Å². The summed E-state index contributed by atoms with van der Waals surface area (Å²) in [6.07, 6.45) is 0. The molecule has 0 heterocycles. The molecule has 0 aliphatic heterocycles. The van der Waals surface area contributed by atoms with Crippen molar-refractivity contribution in [2.24, 2.45) is 0 Å². The largest absolute Gasteiger partial charge is 2.00 e. The summed E-state index contributed by atoms with van der Waals surface area (Å²) in [6.45, 7) is 12.7. The van der Waals surface area contributed by atoms with E-state index < -0.39 is 8.07 Å². The maximum Gasteiger partial charge on any atom is 2.00 e. The van der Waals surface area contributed by atoms with Crippen molar-refractivity contribution >= 4 is 29.6 Å². The maximum atomic E-state index is 3.91. The first-order chi connectivity index (χ1) is 11.8. The zero-order valence-corrected chi connectivity index (χ0v) is 19.2. The molecule has 0 fully saturated rings. The number of fused-ring (bicyclic) bond motifs is 2. The molecule has 0 aliphatic rings. The van der Waals surface area contributed by atoms with Crippen LogP contribution in [0.25, 0.3) is 32.7 Å². The molecule has 4 aromatic carbocycles. The van der Waals surface area contributed by atoms with Crippen molar-refractivity contribution in [2.45, 2.75) is 26.6 Å². The molecule has 0 atom stereocenters. The normalized spacial score (nSPS) is 11.0. The molecule has 0 N–H and O–H groups in total. The van der Waals surface area contributed by atoms with Gasteiger partial charge in [0.25, 0.3) is 0 Å². The predicted octanol–water partition coefficient (Wildman–Crippen LogP) is 7.38. The van der Waals surface area contributed by atoms with Crippen LogP contribution in [0.1, 0.15) is 5.56 Å². The molecule has 0 amide bonds. The molecule has 4 rings (SSSR count). The Morgan fingerprint density at radius 1 is 0.769 bits per heavy atom. The van der Waals surface area contributed by atoms with Crippen molar-refractivity contribution < 1.29 is 21.1 Å². The van der Waals surface area contributed by atoms with Gasteiger partial charge in [0.05, 0.1) is 0 Å². The van der Waals surface area contributed by atoms with Gasteiger partial charge in [-0.1, -0.05) is 73.9 Å². The third kappa shape index (κ3) is 5.46. The van der Waals surface area contributed by atoms with Gasteiger partial charge in [0.1, 0.15) is 0 Å². The second kappa shape index (κ2) is 8.42. The molecule has 0 saturated heterocycles. The monoisotopic (exact) mass is 537 g/mol. The fourth-order valence-corrected chi connectivity index (χ4v) is 2.86. The van der Waals surface area contributed by atoms with Crippen LogP contribution in [0, 0.1) is 13.5 Å². The first kappa shape index (κ1) is 20.7. The van der Waals surface area contributed by atoms with Gasteiger partial charge in [0.2, 0.25) is 0 Å². The van der Waals surface area contributed by atoms with Crippen LogP contribution < -0.4 is 0 Å². The Hall–Kier alpha value is -1.56. The molecule has 26 heavy (non-hydrogen) atoms. The minimum atomic E-state index is -0.861. The zero-order valence-electron chi connectivity index (χ0n) is 16.0. The molecule has 0 radical (unpaired) electrons. The molecular formula is C24H26PtSi. The molecule has 2 heteroatoms. The SMILES string of the molecule is Cc1cc[c-](-c2ccc3cc4ccccc4cc3c2)c1.[CH2-][Si](C)(C)C.[Pt+2]. The summed E-state index contributed by atoms with van der Waals surface area (Å²) in [5, 5.41) is 5.21. The van der Waals surface area contributed by atoms with E-state index in [1.807, 2.05) is 0 Å². The average Bonchev–Trinajstić information content (AvgIpc) is 2.97. The van der Waals surface area contributed by atoms with E-state index >= 15 is 0 Å². The zero-order chi connectivity index (χ0) is 18.0. The Morgan fingerprint density at radius 2 is 1.31 bits per heavy atom. The van der Waals surface area contributed by atoms with E-state index in [1.165, 1.54) is 38.2 Å². The van der Waals surface area contributed by atoms with Crippen LogP contribution >= 0.6 is 0 Å². The molecular weight excluding hydrogens is 511 g/mol. The van der Waals surface area contributed by atoms with Crippen molar-refractivity contribution in [3.63, 3.8) is 0 Å². The Bertz CT molecular complexity index is 1000. The van der Waals surface area contributed by atoms with Crippen LogP contribution in [-0.2, 0) is 21.1 Å². The first-order valence-electron chi connectivity index (χ1n) is 8.81. The smallest absolute Gasteiger partial charge is 0.342 e. The molecule has 0 spiro atoms. The summed E-state index contributed by atoms with van der Waals surface area (Å²) >= 11 is 0. The minimum absolute atomic E-state index is 0. The van der Waals surface area contributed by atoms with Crippen molar-refractivity contribution in [3.8, 4) is 11.1 Å². The Balaban J connectivity index is 0.000000362. The van der Waals surface area contributed by atoms with Crippen LogP contribution in [0.2, 0.25) is 19.6 Å². The van der Waals surface area contributed by atoms with Crippen molar-refractivity contribution in [2.75, 3.05) is 0 Å². The van der Waals surface area contributed by atoms with Gasteiger partial charge in [-0.3, -0.25) is 0 Å². The molecule has 0 unspecified atom stereocenters. The standard InChI is InChI=1S/C20H15.C4H11Si.Pt/c1-14-6-7-17(10-14)18-8-9-19-11-15-4-2-3-5-16(15)12-20(19)13-18;1-5(2,3)4;/h2-13H,1H3;1H2,2-4H3;/q2*-1;+2. The summed E-state index contributed by atoms with van der Waals surface area (Å²) in [5.74, 6) is 0.